The Hall–Kier alpha value is -1.72. The monoisotopic (exact) mass is 229 g/mol. The molecule has 0 radical (unpaired) electrons. The van der Waals surface area contributed by atoms with Crippen LogP contribution in [0.4, 0.5) is 14.6 Å². The Kier molecular flexibility index (Phi) is 4.16. The average molecular weight is 229 g/mol. The van der Waals surface area contributed by atoms with E-state index in [1.54, 1.807) is 0 Å². The molecule has 16 heavy (non-hydrogen) atoms. The fraction of sp³-hybridized carbons (Fsp3) is 0.400. The summed E-state index contributed by atoms with van der Waals surface area (Å²) in [4.78, 5) is 14.7. The molecule has 6 heteroatoms. The molecule has 0 bridgehead atoms. The van der Waals surface area contributed by atoms with E-state index in [4.69, 9.17) is 0 Å². The summed E-state index contributed by atoms with van der Waals surface area (Å²) in [6, 6.07) is 0.718. The smallest absolute Gasteiger partial charge is 0.239 e. The highest BCUT2D eigenvalue weighted by Gasteiger charge is 2.07. The number of hydrogen-bond donors (Lipinski definition) is 2. The second kappa shape index (κ2) is 5.39. The summed E-state index contributed by atoms with van der Waals surface area (Å²) >= 11 is 0. The average Bonchev–Trinajstić information content (AvgIpc) is 2.15. The molecule has 0 saturated heterocycles. The Morgan fingerprint density at radius 2 is 2.19 bits per heavy atom. The first-order chi connectivity index (χ1) is 7.49. The summed E-state index contributed by atoms with van der Waals surface area (Å²) in [5, 5.41) is 5.10. The molecule has 0 fully saturated rings. The fourth-order valence-electron chi connectivity index (χ4n) is 1.08. The van der Waals surface area contributed by atoms with Gasteiger partial charge in [0, 0.05) is 12.1 Å². The summed E-state index contributed by atoms with van der Waals surface area (Å²) in [7, 11) is 0. The Morgan fingerprint density at radius 3 is 2.75 bits per heavy atom. The second-order valence-electron chi connectivity index (χ2n) is 3.56. The lowest BCUT2D eigenvalue weighted by Gasteiger charge is -2.09. The van der Waals surface area contributed by atoms with Gasteiger partial charge in [0.15, 0.2) is 11.6 Å². The van der Waals surface area contributed by atoms with E-state index in [9.17, 15) is 13.6 Å². The highest BCUT2D eigenvalue weighted by molar-refractivity contribution is 5.80. The molecule has 1 aromatic rings. The Morgan fingerprint density at radius 1 is 1.50 bits per heavy atom. The highest BCUT2D eigenvalue weighted by Crippen LogP contribution is 2.10. The van der Waals surface area contributed by atoms with Gasteiger partial charge < -0.3 is 10.6 Å². The number of hydrogen-bond acceptors (Lipinski definition) is 3. The van der Waals surface area contributed by atoms with Crippen molar-refractivity contribution in [2.24, 2.45) is 0 Å². The van der Waals surface area contributed by atoms with Crippen LogP contribution in [0.25, 0.3) is 0 Å². The SMILES string of the molecule is CC(C)NC(=O)CNc1ncc(F)cc1F. The zero-order valence-corrected chi connectivity index (χ0v) is 9.05. The van der Waals surface area contributed by atoms with Crippen molar-refractivity contribution in [3.05, 3.63) is 23.9 Å². The normalized spacial score (nSPS) is 10.3. The molecule has 2 N–H and O–H groups in total. The van der Waals surface area contributed by atoms with E-state index in [1.165, 1.54) is 0 Å². The molecule has 0 aliphatic heterocycles. The molecule has 0 aliphatic carbocycles. The zero-order chi connectivity index (χ0) is 12.1. The van der Waals surface area contributed by atoms with Crippen LogP contribution in [0.2, 0.25) is 0 Å². The molecule has 1 amide bonds. The molecule has 0 unspecified atom stereocenters. The molecule has 1 aromatic heterocycles. The Labute approximate surface area is 92.1 Å². The number of rotatable bonds is 4. The van der Waals surface area contributed by atoms with Crippen LogP contribution in [-0.2, 0) is 4.79 Å². The largest absolute Gasteiger partial charge is 0.359 e. The number of amides is 1. The van der Waals surface area contributed by atoms with Gasteiger partial charge in [0.25, 0.3) is 0 Å². The highest BCUT2D eigenvalue weighted by atomic mass is 19.1. The van der Waals surface area contributed by atoms with Crippen LogP contribution >= 0.6 is 0 Å². The third-order valence-corrected chi connectivity index (χ3v) is 1.67. The van der Waals surface area contributed by atoms with Crippen molar-refractivity contribution in [1.29, 1.82) is 0 Å². The molecule has 88 valence electrons. The van der Waals surface area contributed by atoms with Crippen LogP contribution in [0.5, 0.6) is 0 Å². The van der Waals surface area contributed by atoms with E-state index in [-0.39, 0.29) is 24.3 Å². The first-order valence-corrected chi connectivity index (χ1v) is 4.83. The van der Waals surface area contributed by atoms with Crippen molar-refractivity contribution in [3.63, 3.8) is 0 Å². The first kappa shape index (κ1) is 12.4. The van der Waals surface area contributed by atoms with Crippen molar-refractivity contribution in [2.75, 3.05) is 11.9 Å². The summed E-state index contributed by atoms with van der Waals surface area (Å²) in [5.74, 6) is -1.99. The molecule has 0 spiro atoms. The quantitative estimate of drug-likeness (QED) is 0.818. The maximum absolute atomic E-state index is 13.1. The molecule has 0 aromatic carbocycles. The predicted molar refractivity (Wildman–Crippen MR) is 55.9 cm³/mol. The fourth-order valence-corrected chi connectivity index (χ4v) is 1.08. The van der Waals surface area contributed by atoms with Crippen LogP contribution in [0.15, 0.2) is 12.3 Å². The number of pyridine rings is 1. The van der Waals surface area contributed by atoms with Gasteiger partial charge in [-0.2, -0.15) is 0 Å². The van der Waals surface area contributed by atoms with Crippen molar-refractivity contribution in [1.82, 2.24) is 10.3 Å². The maximum Gasteiger partial charge on any atom is 0.239 e. The summed E-state index contributed by atoms with van der Waals surface area (Å²) in [6.45, 7) is 3.52. The number of aromatic nitrogens is 1. The number of anilines is 1. The van der Waals surface area contributed by atoms with Gasteiger partial charge in [-0.25, -0.2) is 13.8 Å². The van der Waals surface area contributed by atoms with Crippen molar-refractivity contribution in [3.8, 4) is 0 Å². The number of carbonyl (C=O) groups excluding carboxylic acids is 1. The number of halogens is 2. The minimum atomic E-state index is -0.822. The Balaban J connectivity index is 2.51. The van der Waals surface area contributed by atoms with Crippen LogP contribution in [-0.4, -0.2) is 23.5 Å². The van der Waals surface area contributed by atoms with E-state index < -0.39 is 11.6 Å². The Bertz CT molecular complexity index is 382. The van der Waals surface area contributed by atoms with Gasteiger partial charge in [-0.05, 0) is 13.8 Å². The second-order valence-corrected chi connectivity index (χ2v) is 3.56. The number of nitrogens with one attached hydrogen (secondary N) is 2. The van der Waals surface area contributed by atoms with Crippen molar-refractivity contribution < 1.29 is 13.6 Å². The van der Waals surface area contributed by atoms with Gasteiger partial charge in [-0.1, -0.05) is 0 Å². The third kappa shape index (κ3) is 3.80. The summed E-state index contributed by atoms with van der Waals surface area (Å²) < 4.78 is 25.6. The minimum Gasteiger partial charge on any atom is -0.359 e. The van der Waals surface area contributed by atoms with E-state index >= 15 is 0 Å². The first-order valence-electron chi connectivity index (χ1n) is 4.83. The molecule has 1 heterocycles. The topological polar surface area (TPSA) is 54.0 Å². The molecule has 0 atom stereocenters. The maximum atomic E-state index is 13.1. The van der Waals surface area contributed by atoms with Gasteiger partial charge in [0.2, 0.25) is 5.91 Å². The molecule has 0 aliphatic rings. The van der Waals surface area contributed by atoms with Crippen LogP contribution in [0.1, 0.15) is 13.8 Å². The zero-order valence-electron chi connectivity index (χ0n) is 9.05. The van der Waals surface area contributed by atoms with E-state index in [0.29, 0.717) is 6.07 Å². The lowest BCUT2D eigenvalue weighted by Crippen LogP contribution is -2.35. The van der Waals surface area contributed by atoms with E-state index in [1.807, 2.05) is 13.8 Å². The molecular formula is C10H13F2N3O. The van der Waals surface area contributed by atoms with Crippen LogP contribution in [0, 0.1) is 11.6 Å². The number of carbonyl (C=O) groups is 1. The summed E-state index contributed by atoms with van der Waals surface area (Å²) in [5.41, 5.74) is 0. The summed E-state index contributed by atoms with van der Waals surface area (Å²) in [6.07, 6.45) is 0.881. The molecule has 4 nitrogen and oxygen atoms in total. The van der Waals surface area contributed by atoms with Crippen molar-refractivity contribution >= 4 is 11.7 Å². The van der Waals surface area contributed by atoms with Gasteiger partial charge in [0.1, 0.15) is 5.82 Å². The van der Waals surface area contributed by atoms with Gasteiger partial charge in [-0.3, -0.25) is 4.79 Å². The van der Waals surface area contributed by atoms with E-state index in [2.05, 4.69) is 15.6 Å². The van der Waals surface area contributed by atoms with Crippen molar-refractivity contribution in [2.45, 2.75) is 19.9 Å². The third-order valence-electron chi connectivity index (χ3n) is 1.67. The van der Waals surface area contributed by atoms with Crippen LogP contribution in [0.3, 0.4) is 0 Å². The number of nitrogens with zero attached hydrogens (tertiary/aromatic N) is 1. The predicted octanol–water partition coefficient (Wildman–Crippen LogP) is 1.30. The minimum absolute atomic E-state index is 0.0142. The molecular weight excluding hydrogens is 216 g/mol. The molecule has 0 saturated carbocycles. The lowest BCUT2D eigenvalue weighted by molar-refractivity contribution is -0.119. The standard InChI is InChI=1S/C10H13F2N3O/c1-6(2)15-9(16)5-14-10-8(12)3-7(11)4-13-10/h3-4,6H,5H2,1-2H3,(H,13,14)(H,15,16). The lowest BCUT2D eigenvalue weighted by atomic mass is 10.4. The molecule has 1 rings (SSSR count). The van der Waals surface area contributed by atoms with Crippen LogP contribution < -0.4 is 10.6 Å². The van der Waals surface area contributed by atoms with E-state index in [0.717, 1.165) is 6.20 Å². The van der Waals surface area contributed by atoms with Gasteiger partial charge >= 0.3 is 0 Å². The van der Waals surface area contributed by atoms with Gasteiger partial charge in [0.05, 0.1) is 12.7 Å². The van der Waals surface area contributed by atoms with Gasteiger partial charge in [-0.15, -0.1) is 0 Å².